The van der Waals surface area contributed by atoms with Crippen LogP contribution in [0, 0.1) is 17.0 Å². The van der Waals surface area contributed by atoms with E-state index in [0.29, 0.717) is 11.5 Å². The van der Waals surface area contributed by atoms with Gasteiger partial charge in [0.05, 0.1) is 4.92 Å². The van der Waals surface area contributed by atoms with Crippen LogP contribution >= 0.6 is 0 Å². The highest BCUT2D eigenvalue weighted by Crippen LogP contribution is 2.30. The number of hydrogen-bond acceptors (Lipinski definition) is 7. The summed E-state index contributed by atoms with van der Waals surface area (Å²) in [6, 6.07) is 0. The standard InChI is InChI=1S/C12H20N6O2/c1-9-10(18(19)20)11(15-12(14-9)16-13)17-7-5-3-2-4-6-8-17/h2-8,13H2,1H3,(H,14,15,16). The number of nitrogens with zero attached hydrogens (tertiary/aromatic N) is 4. The number of nitrogens with one attached hydrogen (secondary N) is 1. The molecule has 2 rings (SSSR count). The monoisotopic (exact) mass is 280 g/mol. The van der Waals surface area contributed by atoms with Gasteiger partial charge in [-0.25, -0.2) is 10.8 Å². The highest BCUT2D eigenvalue weighted by Gasteiger charge is 2.26. The second-order valence-corrected chi connectivity index (χ2v) is 4.96. The first-order chi connectivity index (χ1) is 9.63. The summed E-state index contributed by atoms with van der Waals surface area (Å²) in [5, 5.41) is 11.3. The molecule has 1 aliphatic rings. The van der Waals surface area contributed by atoms with Crippen molar-refractivity contribution in [2.45, 2.75) is 39.0 Å². The van der Waals surface area contributed by atoms with Crippen molar-refractivity contribution in [3.05, 3.63) is 15.8 Å². The number of nitrogen functional groups attached to an aromatic ring is 1. The van der Waals surface area contributed by atoms with Gasteiger partial charge in [0.1, 0.15) is 5.69 Å². The third-order valence-electron chi connectivity index (χ3n) is 3.51. The molecule has 0 unspecified atom stereocenters. The average molecular weight is 280 g/mol. The molecule has 0 spiro atoms. The molecule has 110 valence electrons. The molecule has 0 radical (unpaired) electrons. The smallest absolute Gasteiger partial charge is 0.332 e. The third-order valence-corrected chi connectivity index (χ3v) is 3.51. The van der Waals surface area contributed by atoms with Gasteiger partial charge in [0, 0.05) is 13.1 Å². The van der Waals surface area contributed by atoms with Gasteiger partial charge in [0.15, 0.2) is 0 Å². The van der Waals surface area contributed by atoms with Crippen LogP contribution in [0.25, 0.3) is 0 Å². The van der Waals surface area contributed by atoms with E-state index in [2.05, 4.69) is 15.4 Å². The maximum absolute atomic E-state index is 11.3. The molecule has 8 heteroatoms. The molecule has 8 nitrogen and oxygen atoms in total. The zero-order chi connectivity index (χ0) is 14.5. The van der Waals surface area contributed by atoms with Crippen molar-refractivity contribution in [1.82, 2.24) is 9.97 Å². The number of nitrogens with two attached hydrogens (primary N) is 1. The van der Waals surface area contributed by atoms with Crippen molar-refractivity contribution in [2.75, 3.05) is 23.4 Å². The van der Waals surface area contributed by atoms with Crippen LogP contribution in [0.1, 0.15) is 37.8 Å². The molecular formula is C12H20N6O2. The van der Waals surface area contributed by atoms with E-state index in [9.17, 15) is 10.1 Å². The number of rotatable bonds is 3. The van der Waals surface area contributed by atoms with E-state index in [-0.39, 0.29) is 11.6 Å². The zero-order valence-electron chi connectivity index (χ0n) is 11.6. The van der Waals surface area contributed by atoms with Crippen molar-refractivity contribution in [2.24, 2.45) is 5.84 Å². The van der Waals surface area contributed by atoms with Crippen LogP contribution in [0.15, 0.2) is 0 Å². The summed E-state index contributed by atoms with van der Waals surface area (Å²) in [6.45, 7) is 3.16. The molecule has 1 saturated heterocycles. The second kappa shape index (κ2) is 6.47. The molecule has 0 aliphatic carbocycles. The molecule has 0 amide bonds. The van der Waals surface area contributed by atoms with Crippen molar-refractivity contribution in [3.8, 4) is 0 Å². The number of hydrazine groups is 1. The molecule has 20 heavy (non-hydrogen) atoms. The Morgan fingerprint density at radius 2 is 1.80 bits per heavy atom. The molecule has 1 aromatic rings. The number of aryl methyl sites for hydroxylation is 1. The van der Waals surface area contributed by atoms with Gasteiger partial charge in [0.2, 0.25) is 11.8 Å². The minimum atomic E-state index is -0.413. The van der Waals surface area contributed by atoms with Gasteiger partial charge in [-0.15, -0.1) is 0 Å². The first-order valence-corrected chi connectivity index (χ1v) is 6.88. The highest BCUT2D eigenvalue weighted by molar-refractivity contribution is 5.62. The lowest BCUT2D eigenvalue weighted by atomic mass is 10.1. The summed E-state index contributed by atoms with van der Waals surface area (Å²) in [6.07, 6.45) is 5.57. The Hall–Kier alpha value is -1.96. The predicted molar refractivity (Wildman–Crippen MR) is 76.5 cm³/mol. The zero-order valence-corrected chi connectivity index (χ0v) is 11.6. The van der Waals surface area contributed by atoms with Gasteiger partial charge >= 0.3 is 5.69 Å². The lowest BCUT2D eigenvalue weighted by Gasteiger charge is -2.25. The summed E-state index contributed by atoms with van der Waals surface area (Å²) in [5.74, 6) is 5.92. The molecule has 0 atom stereocenters. The Labute approximate surface area is 117 Å². The number of anilines is 2. The van der Waals surface area contributed by atoms with Gasteiger partial charge < -0.3 is 4.90 Å². The number of hydrogen-bond donors (Lipinski definition) is 2. The van der Waals surface area contributed by atoms with Crippen LogP contribution in [0.3, 0.4) is 0 Å². The topological polar surface area (TPSA) is 110 Å². The lowest BCUT2D eigenvalue weighted by Crippen LogP contribution is -2.29. The highest BCUT2D eigenvalue weighted by atomic mass is 16.6. The van der Waals surface area contributed by atoms with E-state index in [1.807, 2.05) is 4.90 Å². The quantitative estimate of drug-likeness (QED) is 0.493. The molecule has 1 aliphatic heterocycles. The summed E-state index contributed by atoms with van der Waals surface area (Å²) in [5.41, 5.74) is 2.68. The van der Waals surface area contributed by atoms with E-state index >= 15 is 0 Å². The van der Waals surface area contributed by atoms with Crippen molar-refractivity contribution in [1.29, 1.82) is 0 Å². The maximum atomic E-state index is 11.3. The summed E-state index contributed by atoms with van der Waals surface area (Å²) < 4.78 is 0. The Kier molecular flexibility index (Phi) is 4.67. The molecule has 0 aromatic carbocycles. The van der Waals surface area contributed by atoms with Crippen LogP contribution in [-0.4, -0.2) is 28.0 Å². The Balaban J connectivity index is 2.40. The molecular weight excluding hydrogens is 260 g/mol. The van der Waals surface area contributed by atoms with E-state index in [4.69, 9.17) is 5.84 Å². The van der Waals surface area contributed by atoms with E-state index in [0.717, 1.165) is 38.8 Å². The first kappa shape index (κ1) is 14.4. The summed E-state index contributed by atoms with van der Waals surface area (Å²) >= 11 is 0. The predicted octanol–water partition coefficient (Wildman–Crippen LogP) is 1.75. The van der Waals surface area contributed by atoms with Crippen LogP contribution in [0.5, 0.6) is 0 Å². The Morgan fingerprint density at radius 1 is 1.20 bits per heavy atom. The van der Waals surface area contributed by atoms with Gasteiger partial charge in [-0.2, -0.15) is 4.98 Å². The van der Waals surface area contributed by atoms with E-state index in [1.165, 1.54) is 6.42 Å². The van der Waals surface area contributed by atoms with Gasteiger partial charge in [-0.3, -0.25) is 15.5 Å². The Morgan fingerprint density at radius 3 is 2.35 bits per heavy atom. The van der Waals surface area contributed by atoms with E-state index < -0.39 is 4.92 Å². The average Bonchev–Trinajstić information content (AvgIpc) is 2.36. The lowest BCUT2D eigenvalue weighted by molar-refractivity contribution is -0.385. The summed E-state index contributed by atoms with van der Waals surface area (Å²) in [4.78, 5) is 21.1. The van der Waals surface area contributed by atoms with Crippen molar-refractivity contribution in [3.63, 3.8) is 0 Å². The molecule has 1 aromatic heterocycles. The number of nitro groups is 1. The molecule has 2 heterocycles. The Bertz CT molecular complexity index is 485. The summed E-state index contributed by atoms with van der Waals surface area (Å²) in [7, 11) is 0. The van der Waals surface area contributed by atoms with Gasteiger partial charge in [-0.1, -0.05) is 19.3 Å². The fraction of sp³-hybridized carbons (Fsp3) is 0.667. The molecule has 3 N–H and O–H groups in total. The van der Waals surface area contributed by atoms with Crippen LogP contribution in [0.4, 0.5) is 17.5 Å². The minimum absolute atomic E-state index is 0.0235. The van der Waals surface area contributed by atoms with Crippen LogP contribution in [0.2, 0.25) is 0 Å². The molecule has 0 saturated carbocycles. The van der Waals surface area contributed by atoms with Crippen LogP contribution in [-0.2, 0) is 0 Å². The normalized spacial score (nSPS) is 16.4. The second-order valence-electron chi connectivity index (χ2n) is 4.96. The third kappa shape index (κ3) is 3.13. The SMILES string of the molecule is Cc1nc(NN)nc(N2CCCCCCC2)c1[N+](=O)[O-]. The maximum Gasteiger partial charge on any atom is 0.332 e. The number of aromatic nitrogens is 2. The molecule has 1 fully saturated rings. The fourth-order valence-electron chi connectivity index (χ4n) is 2.51. The van der Waals surface area contributed by atoms with Gasteiger partial charge in [-0.05, 0) is 19.8 Å². The molecule has 0 bridgehead atoms. The van der Waals surface area contributed by atoms with Crippen molar-refractivity contribution < 1.29 is 4.92 Å². The largest absolute Gasteiger partial charge is 0.351 e. The fourth-order valence-corrected chi connectivity index (χ4v) is 2.51. The minimum Gasteiger partial charge on any atom is -0.351 e. The van der Waals surface area contributed by atoms with E-state index in [1.54, 1.807) is 6.92 Å². The van der Waals surface area contributed by atoms with Crippen molar-refractivity contribution >= 4 is 17.5 Å². The first-order valence-electron chi connectivity index (χ1n) is 6.88. The van der Waals surface area contributed by atoms with Gasteiger partial charge in [0.25, 0.3) is 0 Å². The van der Waals surface area contributed by atoms with Crippen LogP contribution < -0.4 is 16.2 Å².